The molecule has 0 saturated carbocycles. The third-order valence-corrected chi connectivity index (χ3v) is 4.85. The number of rotatable bonds is 5. The average Bonchev–Trinajstić information content (AvgIpc) is 3.07. The van der Waals surface area contributed by atoms with Gasteiger partial charge in [0.2, 0.25) is 5.91 Å². The van der Waals surface area contributed by atoms with Gasteiger partial charge in [0, 0.05) is 50.1 Å². The number of nitrogens with one attached hydrogen (secondary N) is 2. The fourth-order valence-electron chi connectivity index (χ4n) is 3.40. The summed E-state index contributed by atoms with van der Waals surface area (Å²) in [5, 5.41) is 2.72. The molecule has 0 bridgehead atoms. The van der Waals surface area contributed by atoms with E-state index in [1.807, 2.05) is 9.80 Å². The third kappa shape index (κ3) is 4.10. The number of carbonyl (C=O) groups excluding carboxylic acids is 1. The van der Waals surface area contributed by atoms with Crippen molar-refractivity contribution in [2.24, 2.45) is 0 Å². The van der Waals surface area contributed by atoms with E-state index in [0.29, 0.717) is 43.2 Å². The van der Waals surface area contributed by atoms with Crippen LogP contribution in [0.4, 0.5) is 20.2 Å². The van der Waals surface area contributed by atoms with Crippen molar-refractivity contribution in [3.63, 3.8) is 0 Å². The van der Waals surface area contributed by atoms with Crippen LogP contribution in [0.15, 0.2) is 33.6 Å². The lowest BCUT2D eigenvalue weighted by Gasteiger charge is -2.35. The van der Waals surface area contributed by atoms with Crippen LogP contribution >= 0.6 is 0 Å². The number of benzene rings is 1. The smallest absolute Gasteiger partial charge is 0.418 e. The number of ether oxygens (including phenoxy) is 1. The Morgan fingerprint density at radius 1 is 1.23 bits per heavy atom. The summed E-state index contributed by atoms with van der Waals surface area (Å²) >= 11 is 0. The molecule has 0 spiro atoms. The molecule has 0 unspecified atom stereocenters. The predicted octanol–water partition coefficient (Wildman–Crippen LogP) is 1.56. The Morgan fingerprint density at radius 2 is 1.93 bits per heavy atom. The van der Waals surface area contributed by atoms with E-state index in [1.165, 1.54) is 31.5 Å². The van der Waals surface area contributed by atoms with Gasteiger partial charge < -0.3 is 19.4 Å². The number of H-pyrrole nitrogens is 1. The molecule has 2 aromatic heterocycles. The van der Waals surface area contributed by atoms with E-state index in [1.54, 1.807) is 0 Å². The van der Waals surface area contributed by atoms with Crippen LogP contribution in [0.2, 0.25) is 0 Å². The molecule has 3 heterocycles. The van der Waals surface area contributed by atoms with Crippen molar-refractivity contribution in [1.82, 2.24) is 14.9 Å². The van der Waals surface area contributed by atoms with Gasteiger partial charge in [0.15, 0.2) is 28.6 Å². The Hall–Kier alpha value is -3.47. The molecule has 0 radical (unpaired) electrons. The largest absolute Gasteiger partial charge is 0.491 e. The molecule has 1 aliphatic rings. The summed E-state index contributed by atoms with van der Waals surface area (Å²) in [4.78, 5) is 33.7. The third-order valence-electron chi connectivity index (χ3n) is 4.85. The second-order valence-corrected chi connectivity index (χ2v) is 6.84. The minimum Gasteiger partial charge on any atom is -0.491 e. The maximum Gasteiger partial charge on any atom is 0.418 e. The highest BCUT2D eigenvalue weighted by atomic mass is 19.1. The van der Waals surface area contributed by atoms with Crippen LogP contribution in [-0.2, 0) is 4.79 Å². The molecule has 4 rings (SSSR count). The van der Waals surface area contributed by atoms with Crippen LogP contribution in [0.25, 0.3) is 11.2 Å². The zero-order valence-corrected chi connectivity index (χ0v) is 16.1. The van der Waals surface area contributed by atoms with Gasteiger partial charge in [-0.3, -0.25) is 14.7 Å². The molecule has 1 amide bonds. The van der Waals surface area contributed by atoms with E-state index >= 15 is 0 Å². The van der Waals surface area contributed by atoms with Crippen molar-refractivity contribution in [2.45, 2.75) is 0 Å². The molecule has 0 aliphatic carbocycles. The molecule has 158 valence electrons. The molecular formula is C19H19F2N5O4. The van der Waals surface area contributed by atoms with Crippen molar-refractivity contribution in [1.29, 1.82) is 0 Å². The Kier molecular flexibility index (Phi) is 5.36. The van der Waals surface area contributed by atoms with Crippen LogP contribution in [0.5, 0.6) is 5.75 Å². The van der Waals surface area contributed by atoms with Gasteiger partial charge in [0.1, 0.15) is 0 Å². The molecule has 11 heteroatoms. The molecule has 1 aliphatic heterocycles. The van der Waals surface area contributed by atoms with E-state index in [2.05, 4.69) is 15.3 Å². The summed E-state index contributed by atoms with van der Waals surface area (Å²) in [6, 6.07) is 4.00. The van der Waals surface area contributed by atoms with Gasteiger partial charge in [-0.15, -0.1) is 0 Å². The number of oxazole rings is 1. The fraction of sp³-hybridized carbons (Fsp3) is 0.316. The Morgan fingerprint density at radius 3 is 2.60 bits per heavy atom. The zero-order valence-electron chi connectivity index (χ0n) is 16.1. The number of pyridine rings is 1. The van der Waals surface area contributed by atoms with Crippen molar-refractivity contribution in [3.05, 3.63) is 46.6 Å². The Labute approximate surface area is 169 Å². The first kappa shape index (κ1) is 19.8. The van der Waals surface area contributed by atoms with E-state index in [0.717, 1.165) is 0 Å². The number of anilines is 2. The molecule has 1 saturated heterocycles. The van der Waals surface area contributed by atoms with Crippen LogP contribution < -0.4 is 20.7 Å². The quantitative estimate of drug-likeness (QED) is 0.647. The van der Waals surface area contributed by atoms with Crippen molar-refractivity contribution >= 4 is 28.5 Å². The van der Waals surface area contributed by atoms with Gasteiger partial charge in [0.05, 0.1) is 25.5 Å². The second kappa shape index (κ2) is 8.11. The van der Waals surface area contributed by atoms with Crippen LogP contribution in [0.1, 0.15) is 0 Å². The average molecular weight is 419 g/mol. The lowest BCUT2D eigenvalue weighted by Crippen LogP contribution is -2.48. The molecule has 1 fully saturated rings. The molecule has 3 aromatic rings. The number of aromatic amines is 1. The monoisotopic (exact) mass is 419 g/mol. The van der Waals surface area contributed by atoms with E-state index < -0.39 is 23.1 Å². The summed E-state index contributed by atoms with van der Waals surface area (Å²) in [5.41, 5.74) is 1.41. The number of piperazine rings is 1. The Bertz CT molecular complexity index is 1110. The molecule has 9 nitrogen and oxygen atoms in total. The van der Waals surface area contributed by atoms with Gasteiger partial charge in [-0.05, 0) is 0 Å². The number of hydrogen-bond acceptors (Lipinski definition) is 7. The molecule has 1 aromatic carbocycles. The van der Waals surface area contributed by atoms with Crippen LogP contribution in [0.3, 0.4) is 0 Å². The predicted molar refractivity (Wildman–Crippen MR) is 105 cm³/mol. The van der Waals surface area contributed by atoms with E-state index in [9.17, 15) is 18.4 Å². The highest BCUT2D eigenvalue weighted by molar-refractivity contribution is 5.93. The normalized spacial score (nSPS) is 14.8. The number of carbonyl (C=O) groups is 1. The number of halogens is 2. The fourth-order valence-corrected chi connectivity index (χ4v) is 3.40. The number of aromatic nitrogens is 2. The Balaban J connectivity index is 1.33. The van der Waals surface area contributed by atoms with Gasteiger partial charge >= 0.3 is 5.76 Å². The maximum atomic E-state index is 13.9. The van der Waals surface area contributed by atoms with Crippen molar-refractivity contribution in [2.75, 3.05) is 50.1 Å². The first-order chi connectivity index (χ1) is 14.4. The van der Waals surface area contributed by atoms with Crippen LogP contribution in [-0.4, -0.2) is 60.6 Å². The minimum atomic E-state index is -0.752. The van der Waals surface area contributed by atoms with Crippen LogP contribution in [0, 0.1) is 11.6 Å². The summed E-state index contributed by atoms with van der Waals surface area (Å²) in [5.74, 6) is -2.77. The maximum absolute atomic E-state index is 13.9. The zero-order chi connectivity index (χ0) is 21.3. The summed E-state index contributed by atoms with van der Waals surface area (Å²) < 4.78 is 37.5. The minimum absolute atomic E-state index is 0.147. The number of nitrogens with zero attached hydrogens (tertiary/aromatic N) is 3. The van der Waals surface area contributed by atoms with Gasteiger partial charge in [0.25, 0.3) is 0 Å². The highest BCUT2D eigenvalue weighted by Gasteiger charge is 2.22. The topological polar surface area (TPSA) is 104 Å². The van der Waals surface area contributed by atoms with Crippen molar-refractivity contribution < 1.29 is 22.7 Å². The van der Waals surface area contributed by atoms with Gasteiger partial charge in [-0.25, -0.2) is 18.6 Å². The van der Waals surface area contributed by atoms with Gasteiger partial charge in [-0.2, -0.15) is 0 Å². The number of amides is 1. The number of methoxy groups -OCH3 is 1. The molecule has 30 heavy (non-hydrogen) atoms. The van der Waals surface area contributed by atoms with E-state index in [-0.39, 0.29) is 18.0 Å². The lowest BCUT2D eigenvalue weighted by molar-refractivity contribution is -0.117. The first-order valence-corrected chi connectivity index (χ1v) is 9.22. The number of fused-ring (bicyclic) bond motifs is 1. The van der Waals surface area contributed by atoms with Gasteiger partial charge in [-0.1, -0.05) is 0 Å². The van der Waals surface area contributed by atoms with E-state index in [4.69, 9.17) is 9.15 Å². The standard InChI is InChI=1S/C19H19F2N5O4/c1-29-17-13(20)7-12(8-14(17)21)26-4-2-25(3-5-26)10-16(27)23-11-6-15-18(22-9-11)24-19(28)30-15/h6-9H,2-5,10H2,1H3,(H,23,27)(H,22,24,28). The molecule has 0 atom stereocenters. The summed E-state index contributed by atoms with van der Waals surface area (Å²) in [6.45, 7) is 2.27. The molecular weight excluding hydrogens is 400 g/mol. The lowest BCUT2D eigenvalue weighted by atomic mass is 10.2. The SMILES string of the molecule is COc1c(F)cc(N2CCN(CC(=O)Nc3cnc4[nH]c(=O)oc4c3)CC2)cc1F. The highest BCUT2D eigenvalue weighted by Crippen LogP contribution is 2.28. The first-order valence-electron chi connectivity index (χ1n) is 9.22. The molecule has 2 N–H and O–H groups in total. The second-order valence-electron chi connectivity index (χ2n) is 6.84. The summed E-state index contributed by atoms with van der Waals surface area (Å²) in [7, 11) is 1.22. The number of hydrogen-bond donors (Lipinski definition) is 2. The summed E-state index contributed by atoms with van der Waals surface area (Å²) in [6.07, 6.45) is 1.43. The van der Waals surface area contributed by atoms with Crippen molar-refractivity contribution in [3.8, 4) is 5.75 Å².